The van der Waals surface area contributed by atoms with Crippen molar-refractivity contribution in [2.45, 2.75) is 39.3 Å². The van der Waals surface area contributed by atoms with Gasteiger partial charge in [0.25, 0.3) is 0 Å². The summed E-state index contributed by atoms with van der Waals surface area (Å²) < 4.78 is 1.54. The number of nitrogens with zero attached hydrogens (tertiary/aromatic N) is 3. The van der Waals surface area contributed by atoms with Crippen molar-refractivity contribution in [3.8, 4) is 0 Å². The van der Waals surface area contributed by atoms with Crippen molar-refractivity contribution in [2.75, 3.05) is 0 Å². The largest absolute Gasteiger partial charge is 0.347 e. The van der Waals surface area contributed by atoms with Gasteiger partial charge in [0.1, 0.15) is 19.2 Å². The minimum Gasteiger partial charge on any atom is -0.347 e. The standard InChI is InChI=1S/C14H20N4OS/c1-3-11(4-2)14(12-6-5-7-20-12)17-13(19)8-18-10-15-9-16-18/h5-7,9-11,14H,3-4,8H2,1-2H3,(H,17,19). The monoisotopic (exact) mass is 292 g/mol. The summed E-state index contributed by atoms with van der Waals surface area (Å²) in [5, 5.41) is 9.15. The Morgan fingerprint density at radius 3 is 2.80 bits per heavy atom. The highest BCUT2D eigenvalue weighted by Gasteiger charge is 2.23. The number of aromatic nitrogens is 3. The molecule has 5 nitrogen and oxygen atoms in total. The Balaban J connectivity index is 2.05. The molecule has 0 saturated heterocycles. The van der Waals surface area contributed by atoms with Crippen LogP contribution in [0.1, 0.15) is 37.6 Å². The van der Waals surface area contributed by atoms with Crippen LogP contribution in [0.3, 0.4) is 0 Å². The summed E-state index contributed by atoms with van der Waals surface area (Å²) in [6.45, 7) is 4.54. The van der Waals surface area contributed by atoms with Gasteiger partial charge in [0.2, 0.25) is 5.91 Å². The van der Waals surface area contributed by atoms with E-state index in [9.17, 15) is 4.79 Å². The molecule has 0 fully saturated rings. The highest BCUT2D eigenvalue weighted by Crippen LogP contribution is 2.30. The van der Waals surface area contributed by atoms with E-state index in [0.29, 0.717) is 5.92 Å². The fraction of sp³-hybridized carbons (Fsp3) is 0.500. The van der Waals surface area contributed by atoms with Gasteiger partial charge in [-0.05, 0) is 17.4 Å². The lowest BCUT2D eigenvalue weighted by atomic mass is 9.93. The SMILES string of the molecule is CCC(CC)C(NC(=O)Cn1cncn1)c1cccs1. The van der Waals surface area contributed by atoms with E-state index in [2.05, 4.69) is 35.3 Å². The smallest absolute Gasteiger partial charge is 0.242 e. The van der Waals surface area contributed by atoms with E-state index in [1.165, 1.54) is 15.9 Å². The molecule has 1 unspecified atom stereocenters. The first-order valence-electron chi connectivity index (χ1n) is 6.89. The zero-order chi connectivity index (χ0) is 14.4. The Morgan fingerprint density at radius 2 is 2.25 bits per heavy atom. The van der Waals surface area contributed by atoms with E-state index >= 15 is 0 Å². The van der Waals surface area contributed by atoms with Crippen LogP contribution in [0.25, 0.3) is 0 Å². The van der Waals surface area contributed by atoms with E-state index < -0.39 is 0 Å². The highest BCUT2D eigenvalue weighted by molar-refractivity contribution is 7.10. The summed E-state index contributed by atoms with van der Waals surface area (Å²) in [6.07, 6.45) is 5.08. The molecular weight excluding hydrogens is 272 g/mol. The predicted molar refractivity (Wildman–Crippen MR) is 79.3 cm³/mol. The Kier molecular flexibility index (Phi) is 5.29. The zero-order valence-electron chi connectivity index (χ0n) is 11.8. The molecule has 1 atom stereocenters. The average molecular weight is 292 g/mol. The number of amides is 1. The van der Waals surface area contributed by atoms with Crippen molar-refractivity contribution in [1.29, 1.82) is 0 Å². The first-order chi connectivity index (χ1) is 9.74. The van der Waals surface area contributed by atoms with Gasteiger partial charge >= 0.3 is 0 Å². The highest BCUT2D eigenvalue weighted by atomic mass is 32.1. The molecule has 2 heterocycles. The fourth-order valence-corrected chi connectivity index (χ4v) is 3.20. The van der Waals surface area contributed by atoms with E-state index in [1.54, 1.807) is 17.7 Å². The topological polar surface area (TPSA) is 59.8 Å². The van der Waals surface area contributed by atoms with E-state index in [1.807, 2.05) is 11.4 Å². The number of carbonyl (C=O) groups is 1. The van der Waals surface area contributed by atoms with Crippen LogP contribution in [0.5, 0.6) is 0 Å². The molecule has 1 amide bonds. The molecule has 0 radical (unpaired) electrons. The average Bonchev–Trinajstić information content (AvgIpc) is 3.11. The molecule has 2 aromatic rings. The zero-order valence-corrected chi connectivity index (χ0v) is 12.6. The van der Waals surface area contributed by atoms with Crippen LogP contribution >= 0.6 is 11.3 Å². The number of carbonyl (C=O) groups excluding carboxylic acids is 1. The number of thiophene rings is 1. The molecule has 0 saturated carbocycles. The minimum atomic E-state index is -0.0270. The number of hydrogen-bond donors (Lipinski definition) is 1. The van der Waals surface area contributed by atoms with Gasteiger partial charge in [-0.2, -0.15) is 5.10 Å². The van der Waals surface area contributed by atoms with Gasteiger partial charge in [-0.25, -0.2) is 9.67 Å². The molecule has 2 aromatic heterocycles. The molecule has 20 heavy (non-hydrogen) atoms. The number of rotatable bonds is 7. The van der Waals surface area contributed by atoms with Crippen LogP contribution in [0, 0.1) is 5.92 Å². The van der Waals surface area contributed by atoms with Crippen LogP contribution in [-0.4, -0.2) is 20.7 Å². The Morgan fingerprint density at radius 1 is 1.45 bits per heavy atom. The van der Waals surface area contributed by atoms with Crippen molar-refractivity contribution in [2.24, 2.45) is 5.92 Å². The second-order valence-corrected chi connectivity index (χ2v) is 5.71. The summed E-state index contributed by atoms with van der Waals surface area (Å²) in [6, 6.07) is 4.20. The van der Waals surface area contributed by atoms with Crippen molar-refractivity contribution in [3.05, 3.63) is 35.0 Å². The van der Waals surface area contributed by atoms with Gasteiger partial charge in [0, 0.05) is 4.88 Å². The molecule has 0 spiro atoms. The maximum absolute atomic E-state index is 12.2. The molecule has 0 aromatic carbocycles. The maximum Gasteiger partial charge on any atom is 0.242 e. The van der Waals surface area contributed by atoms with Crippen LogP contribution in [0.4, 0.5) is 0 Å². The van der Waals surface area contributed by atoms with Crippen molar-refractivity contribution in [3.63, 3.8) is 0 Å². The summed E-state index contributed by atoms with van der Waals surface area (Å²) in [7, 11) is 0. The van der Waals surface area contributed by atoms with Crippen molar-refractivity contribution >= 4 is 17.2 Å². The van der Waals surface area contributed by atoms with Crippen LogP contribution in [-0.2, 0) is 11.3 Å². The summed E-state index contributed by atoms with van der Waals surface area (Å²) >= 11 is 1.69. The Labute approximate surface area is 123 Å². The lowest BCUT2D eigenvalue weighted by Crippen LogP contribution is -2.35. The third-order valence-electron chi connectivity index (χ3n) is 3.46. The summed E-state index contributed by atoms with van der Waals surface area (Å²) in [5.74, 6) is 0.425. The summed E-state index contributed by atoms with van der Waals surface area (Å²) in [5.41, 5.74) is 0. The quantitative estimate of drug-likeness (QED) is 0.853. The second-order valence-electron chi connectivity index (χ2n) is 4.73. The molecule has 0 aliphatic heterocycles. The molecule has 0 aliphatic rings. The maximum atomic E-state index is 12.2. The van der Waals surface area contributed by atoms with Gasteiger partial charge in [0.15, 0.2) is 0 Å². The predicted octanol–water partition coefficient (Wildman–Crippen LogP) is 2.63. The van der Waals surface area contributed by atoms with Crippen LogP contribution < -0.4 is 5.32 Å². The molecule has 2 rings (SSSR count). The third kappa shape index (κ3) is 3.66. The van der Waals surface area contributed by atoms with Gasteiger partial charge < -0.3 is 5.32 Å². The first kappa shape index (κ1) is 14.7. The third-order valence-corrected chi connectivity index (χ3v) is 4.41. The van der Waals surface area contributed by atoms with E-state index in [4.69, 9.17) is 0 Å². The van der Waals surface area contributed by atoms with Gasteiger partial charge in [-0.1, -0.05) is 32.8 Å². The Bertz CT molecular complexity index is 505. The van der Waals surface area contributed by atoms with E-state index in [-0.39, 0.29) is 18.5 Å². The molecule has 1 N–H and O–H groups in total. The molecule has 0 aliphatic carbocycles. The lowest BCUT2D eigenvalue weighted by Gasteiger charge is -2.25. The van der Waals surface area contributed by atoms with Crippen LogP contribution in [0.15, 0.2) is 30.2 Å². The number of nitrogens with one attached hydrogen (secondary N) is 1. The normalized spacial score (nSPS) is 12.6. The molecule has 6 heteroatoms. The second kappa shape index (κ2) is 7.19. The molecule has 0 bridgehead atoms. The minimum absolute atomic E-state index is 0.0270. The van der Waals surface area contributed by atoms with Crippen molar-refractivity contribution < 1.29 is 4.79 Å². The van der Waals surface area contributed by atoms with Gasteiger partial charge in [-0.15, -0.1) is 11.3 Å². The first-order valence-corrected chi connectivity index (χ1v) is 7.77. The molecular formula is C14H20N4OS. The summed E-state index contributed by atoms with van der Waals surface area (Å²) in [4.78, 5) is 17.2. The van der Waals surface area contributed by atoms with Crippen molar-refractivity contribution in [1.82, 2.24) is 20.1 Å². The van der Waals surface area contributed by atoms with Crippen LogP contribution in [0.2, 0.25) is 0 Å². The number of hydrogen-bond acceptors (Lipinski definition) is 4. The molecule has 108 valence electrons. The lowest BCUT2D eigenvalue weighted by molar-refractivity contribution is -0.123. The van der Waals surface area contributed by atoms with E-state index in [0.717, 1.165) is 12.8 Å². The van der Waals surface area contributed by atoms with Gasteiger partial charge in [-0.3, -0.25) is 4.79 Å². The Hall–Kier alpha value is -1.69. The van der Waals surface area contributed by atoms with Gasteiger partial charge in [0.05, 0.1) is 6.04 Å². The fourth-order valence-electron chi connectivity index (χ4n) is 2.33.